The zero-order valence-corrected chi connectivity index (χ0v) is 18.0. The molecule has 152 valence electrons. The lowest BCUT2D eigenvalue weighted by atomic mass is 9.94. The molecule has 1 fully saturated rings. The summed E-state index contributed by atoms with van der Waals surface area (Å²) in [5.74, 6) is 0.375. The molecule has 0 radical (unpaired) electrons. The molecule has 2 aromatic rings. The van der Waals surface area contributed by atoms with Crippen molar-refractivity contribution >= 4 is 28.2 Å². The average Bonchev–Trinajstić information content (AvgIpc) is 3.17. The maximum atomic E-state index is 12.3. The second-order valence-electron chi connectivity index (χ2n) is 8.02. The van der Waals surface area contributed by atoms with E-state index in [0.29, 0.717) is 17.1 Å². The van der Waals surface area contributed by atoms with Crippen molar-refractivity contribution in [1.29, 1.82) is 0 Å². The van der Waals surface area contributed by atoms with Crippen molar-refractivity contribution in [2.75, 3.05) is 18.5 Å². The van der Waals surface area contributed by atoms with Gasteiger partial charge in [0.2, 0.25) is 0 Å². The van der Waals surface area contributed by atoms with Crippen LogP contribution in [0.25, 0.3) is 0 Å². The van der Waals surface area contributed by atoms with Gasteiger partial charge in [0.25, 0.3) is 0 Å². The Bertz CT molecular complexity index is 782. The van der Waals surface area contributed by atoms with E-state index in [0.717, 1.165) is 29.1 Å². The molecule has 0 saturated heterocycles. The van der Waals surface area contributed by atoms with E-state index in [-0.39, 0.29) is 0 Å². The second-order valence-corrected chi connectivity index (χ2v) is 9.07. The normalized spacial score (nSPS) is 15.3. The Kier molecular flexibility index (Phi) is 7.08. The molecule has 1 heterocycles. The molecule has 1 aromatic heterocycles. The third-order valence-corrected chi connectivity index (χ3v) is 6.94. The van der Waals surface area contributed by atoms with Crippen LogP contribution in [-0.2, 0) is 6.42 Å². The number of thiazole rings is 1. The van der Waals surface area contributed by atoms with E-state index < -0.39 is 6.03 Å². The average molecular weight is 401 g/mol. The first-order valence-electron chi connectivity index (χ1n) is 10.3. The van der Waals surface area contributed by atoms with Gasteiger partial charge in [-0.2, -0.15) is 0 Å². The Morgan fingerprint density at radius 2 is 1.96 bits per heavy atom. The van der Waals surface area contributed by atoms with E-state index in [1.807, 2.05) is 24.4 Å². The maximum Gasteiger partial charge on any atom is 0.325 e. The second kappa shape index (κ2) is 9.52. The first kappa shape index (κ1) is 20.8. The lowest BCUT2D eigenvalue weighted by molar-refractivity contribution is 0.194. The Balaban J connectivity index is 1.79. The summed E-state index contributed by atoms with van der Waals surface area (Å²) in [6, 6.07) is 8.24. The minimum absolute atomic E-state index is 0.375. The number of hydrogen-bond donors (Lipinski definition) is 1. The van der Waals surface area contributed by atoms with Crippen LogP contribution in [0.4, 0.5) is 15.6 Å². The molecule has 28 heavy (non-hydrogen) atoms. The predicted octanol–water partition coefficient (Wildman–Crippen LogP) is 5.29. The minimum Gasteiger partial charge on any atom is -0.351 e. The number of carbonyl (C=O) groups is 1. The van der Waals surface area contributed by atoms with Crippen molar-refractivity contribution in [1.82, 2.24) is 9.88 Å². The minimum atomic E-state index is -0.488. The quantitative estimate of drug-likeness (QED) is 0.687. The SMILES string of the molecule is CC(C)c1cnc(N(C(N)=O)c2ccccc2CCN(C)C2CCCCC2)s1. The first-order valence-corrected chi connectivity index (χ1v) is 11.1. The smallest absolute Gasteiger partial charge is 0.325 e. The molecule has 0 aliphatic heterocycles. The van der Waals surface area contributed by atoms with Gasteiger partial charge in [0, 0.05) is 23.7 Å². The number of nitrogens with two attached hydrogens (primary N) is 1. The monoisotopic (exact) mass is 400 g/mol. The third-order valence-electron chi connectivity index (χ3n) is 5.66. The van der Waals surface area contributed by atoms with Crippen LogP contribution in [0.3, 0.4) is 0 Å². The summed E-state index contributed by atoms with van der Waals surface area (Å²) in [4.78, 5) is 22.0. The van der Waals surface area contributed by atoms with Crippen molar-refractivity contribution in [2.24, 2.45) is 5.73 Å². The highest BCUT2D eigenvalue weighted by molar-refractivity contribution is 7.15. The molecule has 0 spiro atoms. The number of aromatic nitrogens is 1. The maximum absolute atomic E-state index is 12.3. The summed E-state index contributed by atoms with van der Waals surface area (Å²) in [5, 5.41) is 0.643. The van der Waals surface area contributed by atoms with Crippen LogP contribution in [0.1, 0.15) is 62.3 Å². The number of likely N-dealkylation sites (N-methyl/N-ethyl adjacent to an activating group) is 1. The van der Waals surface area contributed by atoms with Crippen molar-refractivity contribution in [2.45, 2.75) is 64.3 Å². The number of hydrogen-bond acceptors (Lipinski definition) is 4. The van der Waals surface area contributed by atoms with Gasteiger partial charge in [-0.3, -0.25) is 0 Å². The molecule has 0 unspecified atom stereocenters. The molecule has 5 nitrogen and oxygen atoms in total. The standard InChI is InChI=1S/C22H32N4OS/c1-16(2)20-15-24-22(28-20)26(21(23)27)19-12-8-7-9-17(19)13-14-25(3)18-10-5-4-6-11-18/h7-9,12,15-16,18H,4-6,10-11,13-14H2,1-3H3,(H2,23,27). The summed E-state index contributed by atoms with van der Waals surface area (Å²) in [7, 11) is 2.22. The zero-order chi connectivity index (χ0) is 20.1. The van der Waals surface area contributed by atoms with Gasteiger partial charge in [0.05, 0.1) is 5.69 Å². The molecule has 1 aliphatic rings. The highest BCUT2D eigenvalue weighted by atomic mass is 32.1. The molecule has 1 saturated carbocycles. The Morgan fingerprint density at radius 3 is 2.61 bits per heavy atom. The van der Waals surface area contributed by atoms with Crippen molar-refractivity contribution in [3.8, 4) is 0 Å². The number of rotatable bonds is 7. The van der Waals surface area contributed by atoms with Gasteiger partial charge in [-0.15, -0.1) is 11.3 Å². The van der Waals surface area contributed by atoms with E-state index in [1.54, 1.807) is 4.90 Å². The zero-order valence-electron chi connectivity index (χ0n) is 17.2. The highest BCUT2D eigenvalue weighted by Gasteiger charge is 2.23. The molecule has 3 rings (SSSR count). The third kappa shape index (κ3) is 4.92. The number of nitrogens with zero attached hydrogens (tertiary/aromatic N) is 3. The number of primary amides is 1. The number of para-hydroxylation sites is 1. The summed E-state index contributed by atoms with van der Waals surface area (Å²) in [6.45, 7) is 5.23. The van der Waals surface area contributed by atoms with Crippen LogP contribution < -0.4 is 10.6 Å². The van der Waals surface area contributed by atoms with E-state index in [2.05, 4.69) is 36.8 Å². The van der Waals surface area contributed by atoms with E-state index in [9.17, 15) is 4.79 Å². The van der Waals surface area contributed by atoms with E-state index in [1.165, 1.54) is 43.4 Å². The van der Waals surface area contributed by atoms with Crippen LogP contribution >= 0.6 is 11.3 Å². The van der Waals surface area contributed by atoms with Crippen molar-refractivity contribution < 1.29 is 4.79 Å². The van der Waals surface area contributed by atoms with Gasteiger partial charge >= 0.3 is 6.03 Å². The predicted molar refractivity (Wildman–Crippen MR) is 118 cm³/mol. The molecule has 1 aliphatic carbocycles. The van der Waals surface area contributed by atoms with Crippen LogP contribution in [-0.4, -0.2) is 35.5 Å². The number of benzene rings is 1. The molecule has 1 aromatic carbocycles. The van der Waals surface area contributed by atoms with Gasteiger partial charge in [0.15, 0.2) is 5.13 Å². The fourth-order valence-corrected chi connectivity index (χ4v) is 4.84. The molecule has 2 amide bonds. The Labute approximate surface area is 172 Å². The Morgan fingerprint density at radius 1 is 1.25 bits per heavy atom. The first-order chi connectivity index (χ1) is 13.5. The van der Waals surface area contributed by atoms with Crippen molar-refractivity contribution in [3.63, 3.8) is 0 Å². The van der Waals surface area contributed by atoms with Gasteiger partial charge in [0.1, 0.15) is 0 Å². The lowest BCUT2D eigenvalue weighted by Gasteiger charge is -2.31. The van der Waals surface area contributed by atoms with Crippen LogP contribution in [0.15, 0.2) is 30.5 Å². The largest absolute Gasteiger partial charge is 0.351 e. The van der Waals surface area contributed by atoms with Gasteiger partial charge in [-0.25, -0.2) is 14.7 Å². The van der Waals surface area contributed by atoms with Crippen LogP contribution in [0, 0.1) is 0 Å². The van der Waals surface area contributed by atoms with Gasteiger partial charge in [-0.1, -0.05) is 51.3 Å². The van der Waals surface area contributed by atoms with Gasteiger partial charge < -0.3 is 10.6 Å². The van der Waals surface area contributed by atoms with Crippen LogP contribution in [0.2, 0.25) is 0 Å². The summed E-state index contributed by atoms with van der Waals surface area (Å²) < 4.78 is 0. The topological polar surface area (TPSA) is 62.5 Å². The summed E-state index contributed by atoms with van der Waals surface area (Å²) >= 11 is 1.53. The molecule has 2 N–H and O–H groups in total. The lowest BCUT2D eigenvalue weighted by Crippen LogP contribution is -2.35. The summed E-state index contributed by atoms with van der Waals surface area (Å²) in [6.07, 6.45) is 9.36. The summed E-state index contributed by atoms with van der Waals surface area (Å²) in [5.41, 5.74) is 7.75. The number of amides is 2. The molecular formula is C22H32N4OS. The fourth-order valence-electron chi connectivity index (χ4n) is 3.90. The molecule has 0 bridgehead atoms. The van der Waals surface area contributed by atoms with Crippen molar-refractivity contribution in [3.05, 3.63) is 40.9 Å². The van der Waals surface area contributed by atoms with E-state index >= 15 is 0 Å². The fraction of sp³-hybridized carbons (Fsp3) is 0.545. The Hall–Kier alpha value is -1.92. The number of anilines is 2. The number of urea groups is 1. The highest BCUT2D eigenvalue weighted by Crippen LogP contribution is 2.34. The number of carbonyl (C=O) groups excluding carboxylic acids is 1. The molecular weight excluding hydrogens is 368 g/mol. The van der Waals surface area contributed by atoms with Crippen LogP contribution in [0.5, 0.6) is 0 Å². The molecule has 6 heteroatoms. The van der Waals surface area contributed by atoms with Gasteiger partial charge in [-0.05, 0) is 43.9 Å². The van der Waals surface area contributed by atoms with E-state index in [4.69, 9.17) is 5.73 Å². The molecule has 0 atom stereocenters.